The summed E-state index contributed by atoms with van der Waals surface area (Å²) in [5, 5.41) is 4.29. The second-order valence-corrected chi connectivity index (χ2v) is 4.87. The molecule has 17 heavy (non-hydrogen) atoms. The fourth-order valence-electron chi connectivity index (χ4n) is 1.69. The molecule has 1 aromatic heterocycles. The number of hydrogen-bond acceptors (Lipinski definition) is 4. The number of esters is 1. The molecule has 96 valence electrons. The molecule has 0 aliphatic heterocycles. The van der Waals surface area contributed by atoms with Gasteiger partial charge < -0.3 is 10.5 Å². The van der Waals surface area contributed by atoms with E-state index in [1.807, 2.05) is 27.7 Å². The molecular weight excluding hydrogens is 218 g/mol. The molecule has 0 spiro atoms. The van der Waals surface area contributed by atoms with Gasteiger partial charge in [0.05, 0.1) is 12.1 Å². The Balaban J connectivity index is 3.28. The minimum Gasteiger partial charge on any atom is -0.461 e. The average Bonchev–Trinajstić information content (AvgIpc) is 2.55. The largest absolute Gasteiger partial charge is 0.461 e. The average molecular weight is 239 g/mol. The zero-order valence-corrected chi connectivity index (χ0v) is 11.2. The van der Waals surface area contributed by atoms with Crippen molar-refractivity contribution in [1.82, 2.24) is 9.78 Å². The van der Waals surface area contributed by atoms with Crippen LogP contribution in [0.1, 0.15) is 50.7 Å². The van der Waals surface area contributed by atoms with E-state index < -0.39 is 5.97 Å². The molecule has 1 aromatic rings. The first-order chi connectivity index (χ1) is 7.82. The topological polar surface area (TPSA) is 70.1 Å². The number of anilines is 1. The van der Waals surface area contributed by atoms with E-state index >= 15 is 0 Å². The number of nitrogens with zero attached hydrogens (tertiary/aromatic N) is 2. The molecule has 5 heteroatoms. The van der Waals surface area contributed by atoms with E-state index in [1.165, 1.54) is 0 Å². The molecular formula is C12H21N3O2. The van der Waals surface area contributed by atoms with E-state index in [-0.39, 0.29) is 5.54 Å². The fraction of sp³-hybridized carbons (Fsp3) is 0.667. The van der Waals surface area contributed by atoms with Crippen molar-refractivity contribution in [2.75, 3.05) is 12.3 Å². The van der Waals surface area contributed by atoms with Crippen molar-refractivity contribution < 1.29 is 9.53 Å². The first kappa shape index (κ1) is 13.5. The molecule has 5 nitrogen and oxygen atoms in total. The quantitative estimate of drug-likeness (QED) is 0.818. The number of carbonyl (C=O) groups is 1. The van der Waals surface area contributed by atoms with E-state index in [1.54, 1.807) is 11.6 Å². The van der Waals surface area contributed by atoms with Crippen LogP contribution in [0.3, 0.4) is 0 Å². The SMILES string of the molecule is CCOC(=O)c1nn(C(C)(C)C)c(N)c1CC. The molecule has 0 atom stereocenters. The van der Waals surface area contributed by atoms with E-state index in [2.05, 4.69) is 5.10 Å². The highest BCUT2D eigenvalue weighted by Crippen LogP contribution is 2.25. The maximum atomic E-state index is 11.8. The lowest BCUT2D eigenvalue weighted by Crippen LogP contribution is -2.25. The van der Waals surface area contributed by atoms with Crippen molar-refractivity contribution in [2.45, 2.75) is 46.6 Å². The Morgan fingerprint density at radius 1 is 1.41 bits per heavy atom. The Labute approximate surface area is 102 Å². The predicted octanol–water partition coefficient (Wildman–Crippen LogP) is 1.96. The summed E-state index contributed by atoms with van der Waals surface area (Å²) in [6, 6.07) is 0. The predicted molar refractivity (Wildman–Crippen MR) is 67.0 cm³/mol. The number of carbonyl (C=O) groups excluding carboxylic acids is 1. The Hall–Kier alpha value is -1.52. The van der Waals surface area contributed by atoms with Crippen LogP contribution in [0.15, 0.2) is 0 Å². The summed E-state index contributed by atoms with van der Waals surface area (Å²) in [5.74, 6) is 0.141. The van der Waals surface area contributed by atoms with E-state index in [0.717, 1.165) is 5.56 Å². The van der Waals surface area contributed by atoms with Gasteiger partial charge in [0.25, 0.3) is 0 Å². The van der Waals surface area contributed by atoms with Crippen molar-refractivity contribution in [1.29, 1.82) is 0 Å². The van der Waals surface area contributed by atoms with Crippen LogP contribution in [0.25, 0.3) is 0 Å². The Kier molecular flexibility index (Phi) is 3.80. The molecule has 0 amide bonds. The summed E-state index contributed by atoms with van der Waals surface area (Å²) < 4.78 is 6.66. The van der Waals surface area contributed by atoms with Crippen molar-refractivity contribution in [3.8, 4) is 0 Å². The summed E-state index contributed by atoms with van der Waals surface area (Å²) in [7, 11) is 0. The van der Waals surface area contributed by atoms with Gasteiger partial charge in [-0.05, 0) is 34.1 Å². The van der Waals surface area contributed by atoms with Gasteiger partial charge in [-0.2, -0.15) is 5.10 Å². The highest BCUT2D eigenvalue weighted by Gasteiger charge is 2.26. The summed E-state index contributed by atoms with van der Waals surface area (Å²) in [5.41, 5.74) is 6.87. The number of hydrogen-bond donors (Lipinski definition) is 1. The summed E-state index contributed by atoms with van der Waals surface area (Å²) in [4.78, 5) is 11.8. The zero-order chi connectivity index (χ0) is 13.2. The van der Waals surface area contributed by atoms with Crippen LogP contribution in [0, 0.1) is 0 Å². The first-order valence-corrected chi connectivity index (χ1v) is 5.87. The van der Waals surface area contributed by atoms with Crippen molar-refractivity contribution in [3.05, 3.63) is 11.3 Å². The molecule has 0 aliphatic carbocycles. The number of aromatic nitrogens is 2. The zero-order valence-electron chi connectivity index (χ0n) is 11.2. The van der Waals surface area contributed by atoms with Crippen LogP contribution in [-0.2, 0) is 16.7 Å². The number of nitrogen functional groups attached to an aromatic ring is 1. The minimum absolute atomic E-state index is 0.251. The van der Waals surface area contributed by atoms with E-state index in [4.69, 9.17) is 10.5 Å². The molecule has 0 aromatic carbocycles. The highest BCUT2D eigenvalue weighted by molar-refractivity contribution is 5.90. The van der Waals surface area contributed by atoms with Gasteiger partial charge in [-0.1, -0.05) is 6.92 Å². The van der Waals surface area contributed by atoms with Crippen LogP contribution in [0.5, 0.6) is 0 Å². The summed E-state index contributed by atoms with van der Waals surface area (Å²) in [6.45, 7) is 10.0. The van der Waals surface area contributed by atoms with Gasteiger partial charge >= 0.3 is 5.97 Å². The maximum absolute atomic E-state index is 11.8. The maximum Gasteiger partial charge on any atom is 0.359 e. The first-order valence-electron chi connectivity index (χ1n) is 5.87. The lowest BCUT2D eigenvalue weighted by atomic mass is 10.1. The lowest BCUT2D eigenvalue weighted by Gasteiger charge is -2.20. The van der Waals surface area contributed by atoms with Crippen LogP contribution >= 0.6 is 0 Å². The van der Waals surface area contributed by atoms with Crippen LogP contribution in [-0.4, -0.2) is 22.4 Å². The molecule has 1 heterocycles. The fourth-order valence-corrected chi connectivity index (χ4v) is 1.69. The monoisotopic (exact) mass is 239 g/mol. The Morgan fingerprint density at radius 3 is 2.41 bits per heavy atom. The van der Waals surface area contributed by atoms with Crippen molar-refractivity contribution >= 4 is 11.8 Å². The molecule has 0 fully saturated rings. The highest BCUT2D eigenvalue weighted by atomic mass is 16.5. The Morgan fingerprint density at radius 2 is 2.00 bits per heavy atom. The molecule has 0 saturated heterocycles. The summed E-state index contributed by atoms with van der Waals surface area (Å²) >= 11 is 0. The van der Waals surface area contributed by atoms with Gasteiger partial charge in [0, 0.05) is 5.56 Å². The van der Waals surface area contributed by atoms with Crippen LogP contribution < -0.4 is 5.73 Å². The Bertz CT molecular complexity index is 416. The van der Waals surface area contributed by atoms with Gasteiger partial charge in [-0.3, -0.25) is 0 Å². The molecule has 2 N–H and O–H groups in total. The minimum atomic E-state index is -0.404. The molecule has 0 bridgehead atoms. The molecule has 0 radical (unpaired) electrons. The molecule has 0 aliphatic rings. The van der Waals surface area contributed by atoms with Gasteiger partial charge in [0.2, 0.25) is 0 Å². The number of rotatable bonds is 3. The molecule has 0 saturated carbocycles. The van der Waals surface area contributed by atoms with E-state index in [9.17, 15) is 4.79 Å². The normalized spacial score (nSPS) is 11.6. The second-order valence-electron chi connectivity index (χ2n) is 4.87. The smallest absolute Gasteiger partial charge is 0.359 e. The number of nitrogens with two attached hydrogens (primary N) is 1. The lowest BCUT2D eigenvalue weighted by molar-refractivity contribution is 0.0516. The van der Waals surface area contributed by atoms with E-state index in [0.29, 0.717) is 24.5 Å². The van der Waals surface area contributed by atoms with Crippen molar-refractivity contribution in [2.24, 2.45) is 0 Å². The van der Waals surface area contributed by atoms with Crippen molar-refractivity contribution in [3.63, 3.8) is 0 Å². The third kappa shape index (κ3) is 2.60. The third-order valence-electron chi connectivity index (χ3n) is 2.48. The van der Waals surface area contributed by atoms with Gasteiger partial charge in [0.15, 0.2) is 5.69 Å². The molecule has 1 rings (SSSR count). The third-order valence-corrected chi connectivity index (χ3v) is 2.48. The standard InChI is InChI=1S/C12H21N3O2/c1-6-8-9(11(16)17-7-2)14-15(10(8)13)12(3,4)5/h6-7,13H2,1-5H3. The summed E-state index contributed by atoms with van der Waals surface area (Å²) in [6.07, 6.45) is 0.663. The van der Waals surface area contributed by atoms with Gasteiger partial charge in [-0.25, -0.2) is 9.48 Å². The van der Waals surface area contributed by atoms with Gasteiger partial charge in [-0.15, -0.1) is 0 Å². The van der Waals surface area contributed by atoms with Gasteiger partial charge in [0.1, 0.15) is 5.82 Å². The molecule has 0 unspecified atom stereocenters. The van der Waals surface area contributed by atoms with Crippen LogP contribution in [0.4, 0.5) is 5.82 Å². The van der Waals surface area contributed by atoms with Crippen LogP contribution in [0.2, 0.25) is 0 Å². The number of ether oxygens (including phenoxy) is 1. The second kappa shape index (κ2) is 4.77.